The van der Waals surface area contributed by atoms with Crippen LogP contribution in [0.5, 0.6) is 0 Å². The molecule has 3 rings (SSSR count). The van der Waals surface area contributed by atoms with Gasteiger partial charge in [0.05, 0.1) is 12.8 Å². The molecule has 5 heteroatoms. The van der Waals surface area contributed by atoms with Gasteiger partial charge in [0.1, 0.15) is 12.1 Å². The van der Waals surface area contributed by atoms with E-state index in [1.807, 2.05) is 16.7 Å². The van der Waals surface area contributed by atoms with E-state index in [1.165, 1.54) is 22.3 Å². The molecule has 0 spiro atoms. The molecule has 1 aromatic carbocycles. The van der Waals surface area contributed by atoms with E-state index >= 15 is 0 Å². The van der Waals surface area contributed by atoms with Crippen LogP contribution in [0.3, 0.4) is 0 Å². The first-order valence-electron chi connectivity index (χ1n) is 8.48. The molecule has 25 heavy (non-hydrogen) atoms. The molecule has 0 aliphatic rings. The standard InChI is InChI=1S/C20H25N3OS/c1-14-9-16(20(3,4)5)10-15(2)18(14)12-25-19-22-21-13-23(19)11-17-7-6-8-24-17/h6-10,13H,11-12H2,1-5H3. The molecule has 0 bridgehead atoms. The van der Waals surface area contributed by atoms with Gasteiger partial charge in [-0.15, -0.1) is 10.2 Å². The van der Waals surface area contributed by atoms with Crippen LogP contribution in [0.4, 0.5) is 0 Å². The maximum Gasteiger partial charge on any atom is 0.191 e. The van der Waals surface area contributed by atoms with Gasteiger partial charge in [-0.3, -0.25) is 0 Å². The molecule has 132 valence electrons. The Hall–Kier alpha value is -2.01. The predicted octanol–water partition coefficient (Wildman–Crippen LogP) is 5.13. The van der Waals surface area contributed by atoms with Crippen LogP contribution in [0.1, 0.15) is 48.8 Å². The van der Waals surface area contributed by atoms with Crippen LogP contribution in [0, 0.1) is 13.8 Å². The van der Waals surface area contributed by atoms with Crippen molar-refractivity contribution in [2.75, 3.05) is 0 Å². The van der Waals surface area contributed by atoms with E-state index in [9.17, 15) is 0 Å². The molecule has 0 aliphatic heterocycles. The first-order valence-corrected chi connectivity index (χ1v) is 9.47. The summed E-state index contributed by atoms with van der Waals surface area (Å²) in [5.74, 6) is 1.79. The highest BCUT2D eigenvalue weighted by molar-refractivity contribution is 7.98. The van der Waals surface area contributed by atoms with Gasteiger partial charge in [0.2, 0.25) is 0 Å². The van der Waals surface area contributed by atoms with Crippen LogP contribution in [0.25, 0.3) is 0 Å². The summed E-state index contributed by atoms with van der Waals surface area (Å²) in [7, 11) is 0. The highest BCUT2D eigenvalue weighted by Crippen LogP contribution is 2.30. The zero-order chi connectivity index (χ0) is 18.0. The van der Waals surface area contributed by atoms with Crippen LogP contribution in [-0.2, 0) is 17.7 Å². The number of nitrogens with zero attached hydrogens (tertiary/aromatic N) is 3. The summed E-state index contributed by atoms with van der Waals surface area (Å²) >= 11 is 1.72. The van der Waals surface area contributed by atoms with Crippen LogP contribution >= 0.6 is 11.8 Å². The Kier molecular flexibility index (Phi) is 5.04. The molecule has 4 nitrogen and oxygen atoms in total. The van der Waals surface area contributed by atoms with E-state index in [2.05, 4.69) is 56.9 Å². The largest absolute Gasteiger partial charge is 0.467 e. The Morgan fingerprint density at radius 3 is 2.48 bits per heavy atom. The molecule has 0 saturated carbocycles. The molecule has 0 atom stereocenters. The fourth-order valence-corrected chi connectivity index (χ4v) is 3.94. The third-order valence-corrected chi connectivity index (χ3v) is 5.40. The maximum atomic E-state index is 5.42. The summed E-state index contributed by atoms with van der Waals surface area (Å²) in [4.78, 5) is 0. The fourth-order valence-electron chi connectivity index (χ4n) is 2.83. The zero-order valence-corrected chi connectivity index (χ0v) is 16.4. The average Bonchev–Trinajstić information content (AvgIpc) is 3.18. The lowest BCUT2D eigenvalue weighted by atomic mass is 9.84. The fraction of sp³-hybridized carbons (Fsp3) is 0.400. The van der Waals surface area contributed by atoms with E-state index in [0.29, 0.717) is 6.54 Å². The number of benzene rings is 1. The highest BCUT2D eigenvalue weighted by Gasteiger charge is 2.17. The third kappa shape index (κ3) is 4.15. The van der Waals surface area contributed by atoms with Crippen molar-refractivity contribution in [2.24, 2.45) is 0 Å². The Morgan fingerprint density at radius 2 is 1.88 bits per heavy atom. The zero-order valence-electron chi connectivity index (χ0n) is 15.5. The second kappa shape index (κ2) is 7.08. The van der Waals surface area contributed by atoms with Gasteiger partial charge in [-0.2, -0.15) is 0 Å². The summed E-state index contributed by atoms with van der Waals surface area (Å²) in [5.41, 5.74) is 5.62. The molecule has 0 N–H and O–H groups in total. The van der Waals surface area contributed by atoms with Gasteiger partial charge < -0.3 is 8.98 Å². The molecule has 0 aliphatic carbocycles. The first-order chi connectivity index (χ1) is 11.8. The lowest BCUT2D eigenvalue weighted by Crippen LogP contribution is -2.12. The van der Waals surface area contributed by atoms with E-state index in [4.69, 9.17) is 4.42 Å². The SMILES string of the molecule is Cc1cc(C(C)(C)C)cc(C)c1CSc1nncn1Cc1ccco1. The van der Waals surface area contributed by atoms with Gasteiger partial charge in [0.15, 0.2) is 5.16 Å². The van der Waals surface area contributed by atoms with Gasteiger partial charge in [-0.1, -0.05) is 44.7 Å². The monoisotopic (exact) mass is 355 g/mol. The number of aryl methyl sites for hydroxylation is 2. The summed E-state index contributed by atoms with van der Waals surface area (Å²) in [5, 5.41) is 9.23. The number of furan rings is 1. The summed E-state index contributed by atoms with van der Waals surface area (Å²) in [6, 6.07) is 8.50. The Balaban J connectivity index is 1.75. The summed E-state index contributed by atoms with van der Waals surface area (Å²) in [6.07, 6.45) is 3.45. The van der Waals surface area contributed by atoms with Crippen molar-refractivity contribution in [3.8, 4) is 0 Å². The van der Waals surface area contributed by atoms with Crippen LogP contribution in [0.15, 0.2) is 46.4 Å². The van der Waals surface area contributed by atoms with Gasteiger partial charge >= 0.3 is 0 Å². The van der Waals surface area contributed by atoms with E-state index in [1.54, 1.807) is 24.4 Å². The van der Waals surface area contributed by atoms with Crippen molar-refractivity contribution in [3.63, 3.8) is 0 Å². The number of hydrogen-bond donors (Lipinski definition) is 0. The topological polar surface area (TPSA) is 43.9 Å². The quantitative estimate of drug-likeness (QED) is 0.595. The minimum Gasteiger partial charge on any atom is -0.467 e. The van der Waals surface area contributed by atoms with Crippen molar-refractivity contribution in [1.82, 2.24) is 14.8 Å². The molecular weight excluding hydrogens is 330 g/mol. The highest BCUT2D eigenvalue weighted by atomic mass is 32.2. The molecule has 2 aromatic heterocycles. The normalized spacial score (nSPS) is 11.9. The Morgan fingerprint density at radius 1 is 1.16 bits per heavy atom. The maximum absolute atomic E-state index is 5.42. The lowest BCUT2D eigenvalue weighted by molar-refractivity contribution is 0.484. The molecule has 3 aromatic rings. The molecule has 0 amide bonds. The number of aromatic nitrogens is 3. The van der Waals surface area contributed by atoms with E-state index in [0.717, 1.165) is 16.7 Å². The first kappa shape index (κ1) is 17.8. The summed E-state index contributed by atoms with van der Waals surface area (Å²) in [6.45, 7) is 11.8. The van der Waals surface area contributed by atoms with Gasteiger partial charge in [0, 0.05) is 5.75 Å². The minimum absolute atomic E-state index is 0.171. The smallest absolute Gasteiger partial charge is 0.191 e. The van der Waals surface area contributed by atoms with Gasteiger partial charge in [-0.25, -0.2) is 0 Å². The Labute approximate surface area is 153 Å². The van der Waals surface area contributed by atoms with Gasteiger partial charge in [-0.05, 0) is 53.6 Å². The molecule has 0 radical (unpaired) electrons. The van der Waals surface area contributed by atoms with E-state index < -0.39 is 0 Å². The molecule has 2 heterocycles. The lowest BCUT2D eigenvalue weighted by Gasteiger charge is -2.22. The molecule has 0 fully saturated rings. The minimum atomic E-state index is 0.171. The van der Waals surface area contributed by atoms with Crippen molar-refractivity contribution in [2.45, 2.75) is 57.5 Å². The van der Waals surface area contributed by atoms with Crippen molar-refractivity contribution >= 4 is 11.8 Å². The Bertz CT molecular complexity index is 821. The number of hydrogen-bond acceptors (Lipinski definition) is 4. The van der Waals surface area contributed by atoms with E-state index in [-0.39, 0.29) is 5.41 Å². The number of thioether (sulfide) groups is 1. The third-order valence-electron chi connectivity index (χ3n) is 4.39. The molecule has 0 saturated heterocycles. The van der Waals surface area contributed by atoms with Crippen molar-refractivity contribution in [1.29, 1.82) is 0 Å². The van der Waals surface area contributed by atoms with Crippen LogP contribution in [0.2, 0.25) is 0 Å². The van der Waals surface area contributed by atoms with Crippen molar-refractivity contribution < 1.29 is 4.42 Å². The predicted molar refractivity (Wildman–Crippen MR) is 102 cm³/mol. The average molecular weight is 356 g/mol. The van der Waals surface area contributed by atoms with Crippen LogP contribution in [-0.4, -0.2) is 14.8 Å². The van der Waals surface area contributed by atoms with Crippen molar-refractivity contribution in [3.05, 3.63) is 64.9 Å². The second-order valence-electron chi connectivity index (χ2n) is 7.45. The second-order valence-corrected chi connectivity index (χ2v) is 8.39. The summed E-state index contributed by atoms with van der Waals surface area (Å²) < 4.78 is 7.45. The molecular formula is C20H25N3OS. The number of rotatable bonds is 5. The van der Waals surface area contributed by atoms with Crippen LogP contribution < -0.4 is 0 Å². The molecule has 0 unspecified atom stereocenters. The van der Waals surface area contributed by atoms with Gasteiger partial charge in [0.25, 0.3) is 0 Å².